The highest BCUT2D eigenvalue weighted by molar-refractivity contribution is 9.10. The molecule has 0 radical (unpaired) electrons. The summed E-state index contributed by atoms with van der Waals surface area (Å²) in [6.45, 7) is 7.82. The molecule has 0 aliphatic carbocycles. The van der Waals surface area contributed by atoms with E-state index in [4.69, 9.17) is 0 Å². The molecule has 0 saturated heterocycles. The van der Waals surface area contributed by atoms with Gasteiger partial charge >= 0.3 is 0 Å². The second-order valence-electron chi connectivity index (χ2n) is 5.11. The highest BCUT2D eigenvalue weighted by Crippen LogP contribution is 2.25. The molecule has 0 unspecified atom stereocenters. The van der Waals surface area contributed by atoms with Gasteiger partial charge in [0.1, 0.15) is 13.7 Å². The summed E-state index contributed by atoms with van der Waals surface area (Å²) in [5, 5.41) is 2.90. The van der Waals surface area contributed by atoms with Crippen molar-refractivity contribution in [1.82, 2.24) is 4.98 Å². The molecular weight excluding hydrogens is 291 g/mol. The SMILES string of the molecule is BCc1cc(NC(=O)C(C)(C)CC)nc(C)c1Br. The number of nitrogens with one attached hydrogen (secondary N) is 1. The standard InChI is InChI=1S/C13H20BBrN2O/c1-5-13(3,4)12(18)17-10-6-9(7-14)11(15)8(2)16-10/h6H,5,7,14H2,1-4H3,(H,16,17,18). The van der Waals surface area contributed by atoms with Crippen LogP contribution in [-0.4, -0.2) is 18.7 Å². The van der Waals surface area contributed by atoms with Crippen molar-refractivity contribution >= 4 is 35.5 Å². The molecule has 1 N–H and O–H groups in total. The molecule has 0 spiro atoms. The number of rotatable bonds is 4. The zero-order chi connectivity index (χ0) is 13.9. The molecule has 1 rings (SSSR count). The molecule has 3 nitrogen and oxygen atoms in total. The van der Waals surface area contributed by atoms with E-state index < -0.39 is 0 Å². The number of anilines is 1. The van der Waals surface area contributed by atoms with Crippen molar-refractivity contribution in [1.29, 1.82) is 0 Å². The Labute approximate surface area is 118 Å². The minimum atomic E-state index is -0.366. The normalized spacial score (nSPS) is 11.4. The fourth-order valence-electron chi connectivity index (χ4n) is 1.49. The first kappa shape index (κ1) is 15.2. The number of carbonyl (C=O) groups excluding carboxylic acids is 1. The smallest absolute Gasteiger partial charge is 0.231 e. The van der Waals surface area contributed by atoms with Crippen LogP contribution in [0.15, 0.2) is 10.5 Å². The van der Waals surface area contributed by atoms with E-state index in [-0.39, 0.29) is 11.3 Å². The van der Waals surface area contributed by atoms with E-state index in [9.17, 15) is 4.79 Å². The van der Waals surface area contributed by atoms with E-state index in [0.717, 1.165) is 28.5 Å². The molecule has 0 atom stereocenters. The maximum absolute atomic E-state index is 12.1. The Balaban J connectivity index is 2.99. The van der Waals surface area contributed by atoms with E-state index in [1.54, 1.807) is 0 Å². The van der Waals surface area contributed by atoms with Gasteiger partial charge in [0.25, 0.3) is 0 Å². The summed E-state index contributed by atoms with van der Waals surface area (Å²) >= 11 is 3.52. The van der Waals surface area contributed by atoms with Gasteiger partial charge in [0, 0.05) is 9.89 Å². The highest BCUT2D eigenvalue weighted by atomic mass is 79.9. The van der Waals surface area contributed by atoms with E-state index in [2.05, 4.69) is 34.1 Å². The second kappa shape index (κ2) is 5.87. The molecule has 0 bridgehead atoms. The lowest BCUT2D eigenvalue weighted by atomic mass is 9.89. The van der Waals surface area contributed by atoms with Crippen LogP contribution < -0.4 is 5.32 Å². The molecule has 0 aliphatic heterocycles. The van der Waals surface area contributed by atoms with Gasteiger partial charge in [-0.05, 0) is 40.9 Å². The second-order valence-corrected chi connectivity index (χ2v) is 5.90. The topological polar surface area (TPSA) is 42.0 Å². The third-order valence-electron chi connectivity index (χ3n) is 3.32. The number of carbonyl (C=O) groups is 1. The van der Waals surface area contributed by atoms with Crippen molar-refractivity contribution in [2.75, 3.05) is 5.32 Å². The van der Waals surface area contributed by atoms with E-state index in [1.807, 2.05) is 33.8 Å². The Morgan fingerprint density at radius 3 is 2.67 bits per heavy atom. The molecule has 0 saturated carbocycles. The van der Waals surface area contributed by atoms with Crippen LogP contribution in [0.5, 0.6) is 0 Å². The van der Waals surface area contributed by atoms with Crippen LogP contribution in [-0.2, 0) is 11.1 Å². The van der Waals surface area contributed by atoms with Crippen LogP contribution in [0.3, 0.4) is 0 Å². The molecule has 1 aromatic rings. The lowest BCUT2D eigenvalue weighted by Crippen LogP contribution is -2.30. The summed E-state index contributed by atoms with van der Waals surface area (Å²) in [5.74, 6) is 0.653. The molecule has 0 aliphatic rings. The Morgan fingerprint density at radius 1 is 1.56 bits per heavy atom. The number of aromatic nitrogens is 1. The third kappa shape index (κ3) is 3.34. The summed E-state index contributed by atoms with van der Waals surface area (Å²) in [6, 6.07) is 1.93. The van der Waals surface area contributed by atoms with Gasteiger partial charge in [-0.15, -0.1) is 0 Å². The number of hydrogen-bond donors (Lipinski definition) is 1. The first-order valence-electron chi connectivity index (χ1n) is 6.29. The first-order valence-corrected chi connectivity index (χ1v) is 7.08. The average Bonchev–Trinajstić information content (AvgIpc) is 2.33. The van der Waals surface area contributed by atoms with Crippen LogP contribution >= 0.6 is 15.9 Å². The molecular formula is C13H20BBrN2O. The van der Waals surface area contributed by atoms with Crippen molar-refractivity contribution in [2.24, 2.45) is 5.41 Å². The fraction of sp³-hybridized carbons (Fsp3) is 0.538. The molecule has 0 aromatic carbocycles. The number of hydrogen-bond acceptors (Lipinski definition) is 2. The van der Waals surface area contributed by atoms with Gasteiger partial charge < -0.3 is 5.32 Å². The molecule has 98 valence electrons. The predicted octanol–water partition coefficient (Wildman–Crippen LogP) is 2.66. The summed E-state index contributed by atoms with van der Waals surface area (Å²) in [5.41, 5.74) is 1.70. The summed E-state index contributed by atoms with van der Waals surface area (Å²) in [4.78, 5) is 16.5. The van der Waals surface area contributed by atoms with Crippen molar-refractivity contribution in [3.63, 3.8) is 0 Å². The van der Waals surface area contributed by atoms with Gasteiger partial charge in [0.05, 0.1) is 5.69 Å². The fourth-order valence-corrected chi connectivity index (χ4v) is 1.97. The molecule has 0 fully saturated rings. The van der Waals surface area contributed by atoms with Crippen LogP contribution in [0.25, 0.3) is 0 Å². The minimum Gasteiger partial charge on any atom is -0.310 e. The molecule has 1 heterocycles. The zero-order valence-corrected chi connectivity index (χ0v) is 13.3. The van der Waals surface area contributed by atoms with Gasteiger partial charge in [-0.25, -0.2) is 4.98 Å². The summed E-state index contributed by atoms with van der Waals surface area (Å²) < 4.78 is 1.03. The molecule has 18 heavy (non-hydrogen) atoms. The van der Waals surface area contributed by atoms with Crippen LogP contribution in [0.1, 0.15) is 38.4 Å². The van der Waals surface area contributed by atoms with Crippen molar-refractivity contribution < 1.29 is 4.79 Å². The van der Waals surface area contributed by atoms with Crippen LogP contribution in [0, 0.1) is 12.3 Å². The average molecular weight is 311 g/mol. The summed E-state index contributed by atoms with van der Waals surface area (Å²) in [7, 11) is 2.08. The lowest BCUT2D eigenvalue weighted by Gasteiger charge is -2.21. The Bertz CT molecular complexity index is 461. The number of pyridine rings is 1. The third-order valence-corrected chi connectivity index (χ3v) is 4.40. The number of aryl methyl sites for hydroxylation is 1. The molecule has 5 heteroatoms. The Kier molecular flexibility index (Phi) is 4.96. The maximum atomic E-state index is 12.1. The quantitative estimate of drug-likeness (QED) is 0.869. The number of nitrogens with zero attached hydrogens (tertiary/aromatic N) is 1. The van der Waals surface area contributed by atoms with Gasteiger partial charge in [-0.2, -0.15) is 0 Å². The minimum absolute atomic E-state index is 0.0151. The zero-order valence-electron chi connectivity index (χ0n) is 11.7. The molecule has 1 amide bonds. The van der Waals surface area contributed by atoms with Crippen molar-refractivity contribution in [2.45, 2.75) is 40.4 Å². The predicted molar refractivity (Wildman–Crippen MR) is 81.6 cm³/mol. The Morgan fingerprint density at radius 2 is 2.17 bits per heavy atom. The summed E-state index contributed by atoms with van der Waals surface area (Å²) in [6.07, 6.45) is 1.71. The maximum Gasteiger partial charge on any atom is 0.231 e. The van der Waals surface area contributed by atoms with E-state index in [1.165, 1.54) is 0 Å². The monoisotopic (exact) mass is 310 g/mol. The number of halogens is 1. The Hall–Kier alpha value is -0.835. The van der Waals surface area contributed by atoms with Crippen molar-refractivity contribution in [3.8, 4) is 0 Å². The van der Waals surface area contributed by atoms with Gasteiger partial charge in [0.15, 0.2) is 0 Å². The van der Waals surface area contributed by atoms with Crippen LogP contribution in [0.2, 0.25) is 0 Å². The largest absolute Gasteiger partial charge is 0.310 e. The highest BCUT2D eigenvalue weighted by Gasteiger charge is 2.25. The first-order chi connectivity index (χ1) is 8.31. The van der Waals surface area contributed by atoms with Gasteiger partial charge in [-0.3, -0.25) is 4.79 Å². The van der Waals surface area contributed by atoms with Gasteiger partial charge in [0.2, 0.25) is 5.91 Å². The lowest BCUT2D eigenvalue weighted by molar-refractivity contribution is -0.124. The van der Waals surface area contributed by atoms with Crippen LogP contribution in [0.4, 0.5) is 5.82 Å². The number of amides is 1. The van der Waals surface area contributed by atoms with E-state index >= 15 is 0 Å². The molecule has 1 aromatic heterocycles. The van der Waals surface area contributed by atoms with E-state index in [0.29, 0.717) is 5.82 Å². The van der Waals surface area contributed by atoms with Gasteiger partial charge in [-0.1, -0.05) is 27.1 Å². The van der Waals surface area contributed by atoms with Crippen molar-refractivity contribution in [3.05, 3.63) is 21.8 Å².